The van der Waals surface area contributed by atoms with E-state index in [0.29, 0.717) is 18.1 Å². The van der Waals surface area contributed by atoms with E-state index in [2.05, 4.69) is 19.2 Å². The van der Waals surface area contributed by atoms with Crippen molar-refractivity contribution in [1.82, 2.24) is 5.32 Å². The van der Waals surface area contributed by atoms with E-state index in [9.17, 15) is 4.79 Å². The zero-order valence-corrected chi connectivity index (χ0v) is 8.75. The second kappa shape index (κ2) is 5.47. The van der Waals surface area contributed by atoms with Crippen LogP contribution in [0.3, 0.4) is 0 Å². The van der Waals surface area contributed by atoms with Crippen LogP contribution in [0.5, 0.6) is 0 Å². The van der Waals surface area contributed by atoms with Crippen molar-refractivity contribution in [2.45, 2.75) is 26.7 Å². The quantitative estimate of drug-likeness (QED) is 0.780. The summed E-state index contributed by atoms with van der Waals surface area (Å²) in [6, 6.07) is 3.60. The summed E-state index contributed by atoms with van der Waals surface area (Å²) in [5, 5.41) is 2.85. The van der Waals surface area contributed by atoms with Gasteiger partial charge in [-0.15, -0.1) is 0 Å². The van der Waals surface area contributed by atoms with Crippen molar-refractivity contribution in [1.29, 1.82) is 0 Å². The van der Waals surface area contributed by atoms with Gasteiger partial charge in [0, 0.05) is 6.54 Å². The number of carbonyl (C=O) groups is 1. The lowest BCUT2D eigenvalue weighted by atomic mass is 10.1. The fourth-order valence-electron chi connectivity index (χ4n) is 1.13. The van der Waals surface area contributed by atoms with Gasteiger partial charge < -0.3 is 9.73 Å². The van der Waals surface area contributed by atoms with Crippen molar-refractivity contribution in [3.63, 3.8) is 0 Å². The average molecular weight is 195 g/mol. The molecule has 0 fully saturated rings. The zero-order chi connectivity index (χ0) is 10.4. The number of hydrogen-bond donors (Lipinski definition) is 1. The molecule has 14 heavy (non-hydrogen) atoms. The Balaban J connectivity index is 2.17. The molecule has 0 bridgehead atoms. The summed E-state index contributed by atoms with van der Waals surface area (Å²) >= 11 is 0. The third-order valence-corrected chi connectivity index (χ3v) is 1.96. The fourth-order valence-corrected chi connectivity index (χ4v) is 1.13. The van der Waals surface area contributed by atoms with Crippen molar-refractivity contribution in [2.24, 2.45) is 5.92 Å². The maximum absolute atomic E-state index is 11.3. The standard InChI is InChI=1S/C11H17NO2/c1-9(2)5-6-12-11(13)8-10-4-3-7-14-10/h3-4,7,9H,5-6,8H2,1-2H3,(H,12,13). The summed E-state index contributed by atoms with van der Waals surface area (Å²) in [5.74, 6) is 1.37. The van der Waals surface area contributed by atoms with Gasteiger partial charge in [-0.05, 0) is 24.5 Å². The maximum Gasteiger partial charge on any atom is 0.227 e. The molecule has 1 heterocycles. The van der Waals surface area contributed by atoms with Crippen LogP contribution in [0.2, 0.25) is 0 Å². The molecule has 0 atom stereocenters. The molecule has 0 aliphatic heterocycles. The highest BCUT2D eigenvalue weighted by molar-refractivity contribution is 5.77. The molecular weight excluding hydrogens is 178 g/mol. The number of furan rings is 1. The predicted octanol–water partition coefficient (Wildman–Crippen LogP) is 1.98. The molecule has 0 unspecified atom stereocenters. The van der Waals surface area contributed by atoms with Gasteiger partial charge in [-0.25, -0.2) is 0 Å². The summed E-state index contributed by atoms with van der Waals surface area (Å²) < 4.78 is 5.07. The first-order valence-electron chi connectivity index (χ1n) is 4.97. The molecule has 1 rings (SSSR count). The summed E-state index contributed by atoms with van der Waals surface area (Å²) in [7, 11) is 0. The highest BCUT2D eigenvalue weighted by Gasteiger charge is 2.04. The molecule has 0 spiro atoms. The first-order valence-corrected chi connectivity index (χ1v) is 4.97. The van der Waals surface area contributed by atoms with E-state index < -0.39 is 0 Å². The zero-order valence-electron chi connectivity index (χ0n) is 8.75. The Bertz CT molecular complexity index is 265. The van der Waals surface area contributed by atoms with E-state index in [0.717, 1.165) is 13.0 Å². The van der Waals surface area contributed by atoms with E-state index in [-0.39, 0.29) is 5.91 Å². The normalized spacial score (nSPS) is 10.5. The summed E-state index contributed by atoms with van der Waals surface area (Å²) in [4.78, 5) is 11.3. The van der Waals surface area contributed by atoms with Gasteiger partial charge in [0.25, 0.3) is 0 Å². The van der Waals surface area contributed by atoms with E-state index in [1.807, 2.05) is 6.07 Å². The second-order valence-corrected chi connectivity index (χ2v) is 3.79. The monoisotopic (exact) mass is 195 g/mol. The maximum atomic E-state index is 11.3. The lowest BCUT2D eigenvalue weighted by Gasteiger charge is -2.05. The average Bonchev–Trinajstić information content (AvgIpc) is 2.56. The predicted molar refractivity (Wildman–Crippen MR) is 54.9 cm³/mol. The largest absolute Gasteiger partial charge is 0.469 e. The van der Waals surface area contributed by atoms with Crippen LogP contribution in [0, 0.1) is 5.92 Å². The van der Waals surface area contributed by atoms with Crippen molar-refractivity contribution < 1.29 is 9.21 Å². The van der Waals surface area contributed by atoms with Crippen LogP contribution in [0.15, 0.2) is 22.8 Å². The van der Waals surface area contributed by atoms with Crippen LogP contribution in [-0.2, 0) is 11.2 Å². The van der Waals surface area contributed by atoms with Crippen molar-refractivity contribution in [3.8, 4) is 0 Å². The Morgan fingerprint density at radius 2 is 2.36 bits per heavy atom. The van der Waals surface area contributed by atoms with Crippen molar-refractivity contribution >= 4 is 5.91 Å². The van der Waals surface area contributed by atoms with Crippen LogP contribution in [0.1, 0.15) is 26.0 Å². The molecule has 0 aromatic carbocycles. The molecule has 3 nitrogen and oxygen atoms in total. The van der Waals surface area contributed by atoms with Crippen molar-refractivity contribution in [3.05, 3.63) is 24.2 Å². The Morgan fingerprint density at radius 1 is 1.57 bits per heavy atom. The minimum atomic E-state index is 0.0283. The molecule has 0 aliphatic rings. The van der Waals surface area contributed by atoms with Gasteiger partial charge in [-0.1, -0.05) is 13.8 Å². The van der Waals surface area contributed by atoms with Gasteiger partial charge in [0.2, 0.25) is 5.91 Å². The van der Waals surface area contributed by atoms with E-state index >= 15 is 0 Å². The van der Waals surface area contributed by atoms with Crippen LogP contribution in [0.4, 0.5) is 0 Å². The second-order valence-electron chi connectivity index (χ2n) is 3.79. The number of carbonyl (C=O) groups excluding carboxylic acids is 1. The van der Waals surface area contributed by atoms with Gasteiger partial charge >= 0.3 is 0 Å². The van der Waals surface area contributed by atoms with E-state index in [1.54, 1.807) is 12.3 Å². The molecule has 0 radical (unpaired) electrons. The third kappa shape index (κ3) is 4.12. The smallest absolute Gasteiger partial charge is 0.227 e. The SMILES string of the molecule is CC(C)CCNC(=O)Cc1ccco1. The van der Waals surface area contributed by atoms with Crippen LogP contribution >= 0.6 is 0 Å². The summed E-state index contributed by atoms with van der Waals surface area (Å²) in [6.07, 6.45) is 2.94. The molecule has 3 heteroatoms. The van der Waals surface area contributed by atoms with Gasteiger partial charge in [0.15, 0.2) is 0 Å². The molecule has 1 aromatic rings. The third-order valence-electron chi connectivity index (χ3n) is 1.96. The minimum absolute atomic E-state index is 0.0283. The van der Waals surface area contributed by atoms with Gasteiger partial charge in [-0.3, -0.25) is 4.79 Å². The van der Waals surface area contributed by atoms with Gasteiger partial charge in [-0.2, -0.15) is 0 Å². The number of rotatable bonds is 5. The number of amides is 1. The molecule has 78 valence electrons. The molecule has 1 amide bonds. The fraction of sp³-hybridized carbons (Fsp3) is 0.545. The number of hydrogen-bond acceptors (Lipinski definition) is 2. The number of nitrogens with one attached hydrogen (secondary N) is 1. The van der Waals surface area contributed by atoms with Crippen LogP contribution in [0.25, 0.3) is 0 Å². The first-order chi connectivity index (χ1) is 6.68. The van der Waals surface area contributed by atoms with Gasteiger partial charge in [0.1, 0.15) is 5.76 Å². The first kappa shape index (κ1) is 10.8. The van der Waals surface area contributed by atoms with Crippen molar-refractivity contribution in [2.75, 3.05) is 6.54 Å². The van der Waals surface area contributed by atoms with E-state index in [4.69, 9.17) is 4.42 Å². The molecule has 0 saturated heterocycles. The Labute approximate surface area is 84.5 Å². The topological polar surface area (TPSA) is 42.2 Å². The Kier molecular flexibility index (Phi) is 4.23. The highest BCUT2D eigenvalue weighted by Crippen LogP contribution is 2.01. The summed E-state index contributed by atoms with van der Waals surface area (Å²) in [5.41, 5.74) is 0. The summed E-state index contributed by atoms with van der Waals surface area (Å²) in [6.45, 7) is 5.02. The minimum Gasteiger partial charge on any atom is -0.469 e. The molecule has 0 saturated carbocycles. The lowest BCUT2D eigenvalue weighted by Crippen LogP contribution is -2.26. The molecule has 1 aromatic heterocycles. The van der Waals surface area contributed by atoms with E-state index in [1.165, 1.54) is 0 Å². The Morgan fingerprint density at radius 3 is 2.93 bits per heavy atom. The van der Waals surface area contributed by atoms with Crippen LogP contribution in [-0.4, -0.2) is 12.5 Å². The van der Waals surface area contributed by atoms with Gasteiger partial charge in [0.05, 0.1) is 12.7 Å². The molecule has 0 aliphatic carbocycles. The van der Waals surface area contributed by atoms with Crippen LogP contribution < -0.4 is 5.32 Å². The lowest BCUT2D eigenvalue weighted by molar-refractivity contribution is -0.120. The Hall–Kier alpha value is -1.25. The molecular formula is C11H17NO2. The molecule has 1 N–H and O–H groups in total. The highest BCUT2D eigenvalue weighted by atomic mass is 16.3.